The molecule has 0 atom stereocenters. The number of halogens is 1. The van der Waals surface area contributed by atoms with Gasteiger partial charge in [-0.15, -0.1) is 0 Å². The van der Waals surface area contributed by atoms with E-state index >= 15 is 0 Å². The number of rotatable bonds is 5. The molecule has 3 rings (SSSR count). The molecule has 1 aliphatic heterocycles. The summed E-state index contributed by atoms with van der Waals surface area (Å²) < 4.78 is 5.45. The number of piperazine rings is 1. The van der Waals surface area contributed by atoms with Crippen molar-refractivity contribution in [3.63, 3.8) is 0 Å². The van der Waals surface area contributed by atoms with Gasteiger partial charge in [-0.1, -0.05) is 23.7 Å². The Kier molecular flexibility index (Phi) is 5.79. The van der Waals surface area contributed by atoms with Crippen LogP contribution < -0.4 is 19.9 Å². The Balaban J connectivity index is 1.51. The van der Waals surface area contributed by atoms with Gasteiger partial charge in [0.2, 0.25) is 0 Å². The third kappa shape index (κ3) is 4.87. The lowest BCUT2D eigenvalue weighted by molar-refractivity contribution is -0.880. The molecule has 0 aliphatic carbocycles. The van der Waals surface area contributed by atoms with Gasteiger partial charge in [0.25, 0.3) is 5.91 Å². The van der Waals surface area contributed by atoms with Gasteiger partial charge in [-0.2, -0.15) is 0 Å². The summed E-state index contributed by atoms with van der Waals surface area (Å²) in [4.78, 5) is 16.0. The van der Waals surface area contributed by atoms with Crippen molar-refractivity contribution < 1.29 is 14.4 Å². The number of nitrogens with zero attached hydrogens (tertiary/aromatic N) is 1. The van der Waals surface area contributed by atoms with Crippen molar-refractivity contribution in [3.05, 3.63) is 53.6 Å². The molecule has 1 fully saturated rings. The minimum atomic E-state index is -0.212. The Labute approximate surface area is 153 Å². The minimum absolute atomic E-state index is 0.0767. The second-order valence-electron chi connectivity index (χ2n) is 6.26. The maximum atomic E-state index is 12.0. The molecule has 0 aromatic heterocycles. The van der Waals surface area contributed by atoms with E-state index in [0.29, 0.717) is 10.8 Å². The lowest BCUT2D eigenvalue weighted by Crippen LogP contribution is -3.12. The van der Waals surface area contributed by atoms with Crippen molar-refractivity contribution in [2.75, 3.05) is 50.1 Å². The first kappa shape index (κ1) is 17.6. The monoisotopic (exact) mass is 360 g/mol. The highest BCUT2D eigenvalue weighted by Crippen LogP contribution is 2.23. The van der Waals surface area contributed by atoms with Gasteiger partial charge in [0.05, 0.1) is 38.2 Å². The highest BCUT2D eigenvalue weighted by atomic mass is 35.5. The van der Waals surface area contributed by atoms with E-state index in [4.69, 9.17) is 16.3 Å². The van der Waals surface area contributed by atoms with E-state index in [-0.39, 0.29) is 12.5 Å². The van der Waals surface area contributed by atoms with Crippen LogP contribution in [0.5, 0.6) is 5.75 Å². The molecule has 1 heterocycles. The number of para-hydroxylation sites is 1. The number of nitrogens with one attached hydrogen (secondary N) is 2. The van der Waals surface area contributed by atoms with Crippen molar-refractivity contribution in [1.82, 2.24) is 0 Å². The molecule has 2 aromatic carbocycles. The van der Waals surface area contributed by atoms with Crippen LogP contribution in [0.1, 0.15) is 0 Å². The first-order valence-corrected chi connectivity index (χ1v) is 8.83. The first-order valence-electron chi connectivity index (χ1n) is 8.45. The van der Waals surface area contributed by atoms with Crippen LogP contribution in [0, 0.1) is 0 Å². The van der Waals surface area contributed by atoms with Crippen molar-refractivity contribution in [2.24, 2.45) is 0 Å². The standard InChI is InChI=1S/C19H22ClN3O2/c1-22-10-12-23(13-11-22)16-8-6-15(7-9-16)21-19(24)14-25-18-5-3-2-4-17(18)20/h2-9H,10-14H2,1H3,(H,21,24)/p+1. The van der Waals surface area contributed by atoms with Crippen molar-refractivity contribution in [3.8, 4) is 5.75 Å². The van der Waals surface area contributed by atoms with E-state index in [1.165, 1.54) is 5.69 Å². The Morgan fingerprint density at radius 2 is 1.84 bits per heavy atom. The van der Waals surface area contributed by atoms with Gasteiger partial charge in [0, 0.05) is 11.4 Å². The predicted octanol–water partition coefficient (Wildman–Crippen LogP) is 1.69. The molecule has 1 amide bonds. The number of likely N-dealkylation sites (N-methyl/N-ethyl adjacent to an activating group) is 1. The van der Waals surface area contributed by atoms with Crippen LogP contribution in [0.25, 0.3) is 0 Å². The lowest BCUT2D eigenvalue weighted by Gasteiger charge is -2.31. The zero-order valence-corrected chi connectivity index (χ0v) is 15.1. The number of benzene rings is 2. The normalized spacial score (nSPS) is 15.0. The average molecular weight is 361 g/mol. The fourth-order valence-electron chi connectivity index (χ4n) is 2.80. The molecule has 0 spiro atoms. The van der Waals surface area contributed by atoms with Crippen LogP contribution in [0.15, 0.2) is 48.5 Å². The third-order valence-corrected chi connectivity index (χ3v) is 4.64. The number of carbonyl (C=O) groups is 1. The van der Waals surface area contributed by atoms with E-state index in [9.17, 15) is 4.79 Å². The van der Waals surface area contributed by atoms with Crippen LogP contribution in [-0.4, -0.2) is 45.7 Å². The molecule has 1 aliphatic rings. The second kappa shape index (κ2) is 8.23. The summed E-state index contributed by atoms with van der Waals surface area (Å²) in [5, 5.41) is 3.33. The number of quaternary nitrogens is 1. The number of hydrogen-bond donors (Lipinski definition) is 2. The molecule has 6 heteroatoms. The summed E-state index contributed by atoms with van der Waals surface area (Å²) in [7, 11) is 2.22. The quantitative estimate of drug-likeness (QED) is 0.853. The topological polar surface area (TPSA) is 46.0 Å². The highest BCUT2D eigenvalue weighted by Gasteiger charge is 2.16. The maximum absolute atomic E-state index is 12.0. The number of hydrogen-bond acceptors (Lipinski definition) is 3. The Hall–Kier alpha value is -2.24. The van der Waals surface area contributed by atoms with Gasteiger partial charge < -0.3 is 19.9 Å². The van der Waals surface area contributed by atoms with E-state index in [1.807, 2.05) is 36.4 Å². The zero-order valence-electron chi connectivity index (χ0n) is 14.3. The largest absolute Gasteiger partial charge is 0.482 e. The molecule has 0 unspecified atom stereocenters. The van der Waals surface area contributed by atoms with Crippen LogP contribution in [0.3, 0.4) is 0 Å². The van der Waals surface area contributed by atoms with Gasteiger partial charge in [0.1, 0.15) is 5.75 Å². The highest BCUT2D eigenvalue weighted by molar-refractivity contribution is 6.32. The average Bonchev–Trinajstić information content (AvgIpc) is 2.62. The third-order valence-electron chi connectivity index (χ3n) is 4.33. The maximum Gasteiger partial charge on any atom is 0.262 e. The van der Waals surface area contributed by atoms with E-state index < -0.39 is 0 Å². The molecule has 1 saturated heterocycles. The number of anilines is 2. The molecule has 0 bridgehead atoms. The van der Waals surface area contributed by atoms with Crippen molar-refractivity contribution >= 4 is 28.9 Å². The summed E-state index contributed by atoms with van der Waals surface area (Å²) in [6.07, 6.45) is 0. The molecule has 25 heavy (non-hydrogen) atoms. The fourth-order valence-corrected chi connectivity index (χ4v) is 2.99. The van der Waals surface area contributed by atoms with E-state index in [0.717, 1.165) is 31.9 Å². The van der Waals surface area contributed by atoms with Crippen LogP contribution >= 0.6 is 11.6 Å². The molecular weight excluding hydrogens is 338 g/mol. The molecular formula is C19H23ClN3O2+. The molecule has 2 N–H and O–H groups in total. The SMILES string of the molecule is C[NH+]1CCN(c2ccc(NC(=O)COc3ccccc3Cl)cc2)CC1. The van der Waals surface area contributed by atoms with E-state index in [2.05, 4.69) is 17.3 Å². The predicted molar refractivity (Wildman–Crippen MR) is 101 cm³/mol. The van der Waals surface area contributed by atoms with Crippen LogP contribution in [0.4, 0.5) is 11.4 Å². The van der Waals surface area contributed by atoms with Gasteiger partial charge in [-0.25, -0.2) is 0 Å². The summed E-state index contributed by atoms with van der Waals surface area (Å²) in [5.41, 5.74) is 1.95. The Bertz CT molecular complexity index is 713. The second-order valence-corrected chi connectivity index (χ2v) is 6.67. The smallest absolute Gasteiger partial charge is 0.262 e. The zero-order chi connectivity index (χ0) is 17.6. The van der Waals surface area contributed by atoms with Crippen LogP contribution in [0.2, 0.25) is 5.02 Å². The minimum Gasteiger partial charge on any atom is -0.482 e. The summed E-state index contributed by atoms with van der Waals surface area (Å²) in [6.45, 7) is 4.34. The molecule has 0 radical (unpaired) electrons. The first-order chi connectivity index (χ1) is 12.1. The Morgan fingerprint density at radius 1 is 1.16 bits per heavy atom. The van der Waals surface area contributed by atoms with E-state index in [1.54, 1.807) is 17.0 Å². The van der Waals surface area contributed by atoms with Gasteiger partial charge in [0.15, 0.2) is 6.61 Å². The van der Waals surface area contributed by atoms with Gasteiger partial charge in [-0.05, 0) is 36.4 Å². The van der Waals surface area contributed by atoms with Crippen molar-refractivity contribution in [1.29, 1.82) is 0 Å². The Morgan fingerprint density at radius 3 is 2.52 bits per heavy atom. The summed E-state index contributed by atoms with van der Waals surface area (Å²) >= 11 is 6.01. The fraction of sp³-hybridized carbons (Fsp3) is 0.316. The number of amides is 1. The molecule has 132 valence electrons. The number of ether oxygens (including phenoxy) is 1. The van der Waals surface area contributed by atoms with Gasteiger partial charge >= 0.3 is 0 Å². The number of carbonyl (C=O) groups excluding carboxylic acids is 1. The van der Waals surface area contributed by atoms with Crippen molar-refractivity contribution in [2.45, 2.75) is 0 Å². The molecule has 2 aromatic rings. The van der Waals surface area contributed by atoms with Crippen LogP contribution in [-0.2, 0) is 4.79 Å². The van der Waals surface area contributed by atoms with Gasteiger partial charge in [-0.3, -0.25) is 4.79 Å². The molecule has 5 nitrogen and oxygen atoms in total. The summed E-state index contributed by atoms with van der Waals surface area (Å²) in [6, 6.07) is 15.0. The lowest BCUT2D eigenvalue weighted by atomic mass is 10.2. The summed E-state index contributed by atoms with van der Waals surface area (Å²) in [5.74, 6) is 0.294. The molecule has 0 saturated carbocycles.